The van der Waals surface area contributed by atoms with Gasteiger partial charge in [-0.25, -0.2) is 9.37 Å². The van der Waals surface area contributed by atoms with Crippen LogP contribution in [0.25, 0.3) is 11.3 Å². The number of hydrogen-bond acceptors (Lipinski definition) is 3. The molecule has 0 aliphatic heterocycles. The Morgan fingerprint density at radius 1 is 1.04 bits per heavy atom. The first-order valence-electron chi connectivity index (χ1n) is 7.61. The van der Waals surface area contributed by atoms with Crippen molar-refractivity contribution in [3.8, 4) is 11.3 Å². The molecule has 0 atom stereocenters. The number of rotatable bonds is 3. The molecule has 1 N–H and O–H groups in total. The molecule has 1 aromatic carbocycles. The second kappa shape index (κ2) is 7.73. The number of amides is 1. The Morgan fingerprint density at radius 2 is 1.79 bits per heavy atom. The SMILES string of the molecule is O=C(Nc1ncc(C(F)(F)F)cc1Cl)c1ccc(-c2ncccc2Cl)c(F)c1. The second-order valence-corrected chi connectivity index (χ2v) is 6.35. The summed E-state index contributed by atoms with van der Waals surface area (Å²) in [5, 5.41) is 2.08. The fourth-order valence-electron chi connectivity index (χ4n) is 2.30. The zero-order valence-electron chi connectivity index (χ0n) is 13.7. The Hall–Kier alpha value is -2.71. The van der Waals surface area contributed by atoms with E-state index in [1.807, 2.05) is 0 Å². The van der Waals surface area contributed by atoms with Crippen molar-refractivity contribution in [1.82, 2.24) is 9.97 Å². The van der Waals surface area contributed by atoms with Crippen molar-refractivity contribution in [1.29, 1.82) is 0 Å². The lowest BCUT2D eigenvalue weighted by Gasteiger charge is -2.11. The van der Waals surface area contributed by atoms with Gasteiger partial charge in [0.15, 0.2) is 5.82 Å². The zero-order chi connectivity index (χ0) is 20.5. The minimum Gasteiger partial charge on any atom is -0.305 e. The molecule has 2 aromatic heterocycles. The van der Waals surface area contributed by atoms with Crippen molar-refractivity contribution in [3.63, 3.8) is 0 Å². The highest BCUT2D eigenvalue weighted by atomic mass is 35.5. The Morgan fingerprint density at radius 3 is 2.39 bits per heavy atom. The standard InChI is InChI=1S/C18H9Cl2F4N3O/c19-12-2-1-5-25-15(12)11-4-3-9(6-14(11)21)17(28)27-16-13(20)7-10(8-26-16)18(22,23)24/h1-8H,(H,26,27,28). The lowest BCUT2D eigenvalue weighted by atomic mass is 10.1. The third-order valence-electron chi connectivity index (χ3n) is 3.65. The minimum atomic E-state index is -4.62. The molecule has 0 aliphatic carbocycles. The monoisotopic (exact) mass is 429 g/mol. The van der Waals surface area contributed by atoms with Crippen LogP contribution in [-0.4, -0.2) is 15.9 Å². The maximum atomic E-state index is 14.4. The van der Waals surface area contributed by atoms with Crippen molar-refractivity contribution in [2.45, 2.75) is 6.18 Å². The average molecular weight is 430 g/mol. The van der Waals surface area contributed by atoms with Gasteiger partial charge in [-0.05, 0) is 36.4 Å². The zero-order valence-corrected chi connectivity index (χ0v) is 15.2. The first-order valence-corrected chi connectivity index (χ1v) is 8.37. The van der Waals surface area contributed by atoms with E-state index in [1.54, 1.807) is 12.1 Å². The van der Waals surface area contributed by atoms with Crippen LogP contribution in [0.2, 0.25) is 10.0 Å². The molecule has 0 unspecified atom stereocenters. The first kappa shape index (κ1) is 20.0. The van der Waals surface area contributed by atoms with Crippen LogP contribution in [0.3, 0.4) is 0 Å². The highest BCUT2D eigenvalue weighted by Gasteiger charge is 2.31. The highest BCUT2D eigenvalue weighted by molar-refractivity contribution is 6.33. The molecular formula is C18H9Cl2F4N3O. The molecule has 1 amide bonds. The molecule has 0 saturated heterocycles. The number of nitrogens with zero attached hydrogens (tertiary/aromatic N) is 2. The van der Waals surface area contributed by atoms with Crippen molar-refractivity contribution in [2.24, 2.45) is 0 Å². The van der Waals surface area contributed by atoms with Gasteiger partial charge in [-0.15, -0.1) is 0 Å². The number of alkyl halides is 3. The van der Waals surface area contributed by atoms with Crippen LogP contribution < -0.4 is 5.32 Å². The summed E-state index contributed by atoms with van der Waals surface area (Å²) < 4.78 is 52.3. The summed E-state index contributed by atoms with van der Waals surface area (Å²) in [4.78, 5) is 19.8. The van der Waals surface area contributed by atoms with E-state index in [9.17, 15) is 22.4 Å². The van der Waals surface area contributed by atoms with E-state index in [2.05, 4.69) is 15.3 Å². The van der Waals surface area contributed by atoms with Gasteiger partial charge in [0.1, 0.15) is 5.82 Å². The van der Waals surface area contributed by atoms with Crippen molar-refractivity contribution >= 4 is 34.9 Å². The van der Waals surface area contributed by atoms with Crippen molar-refractivity contribution in [2.75, 3.05) is 5.32 Å². The van der Waals surface area contributed by atoms with Gasteiger partial charge in [-0.2, -0.15) is 13.2 Å². The number of carbonyl (C=O) groups excluding carboxylic acids is 1. The molecule has 0 bridgehead atoms. The quantitative estimate of drug-likeness (QED) is 0.530. The van der Waals surface area contributed by atoms with E-state index in [1.165, 1.54) is 18.3 Å². The summed E-state index contributed by atoms with van der Waals surface area (Å²) in [6.07, 6.45) is -2.64. The molecule has 0 saturated carbocycles. The highest BCUT2D eigenvalue weighted by Crippen LogP contribution is 2.33. The topological polar surface area (TPSA) is 54.9 Å². The smallest absolute Gasteiger partial charge is 0.305 e. The normalized spacial score (nSPS) is 11.4. The summed E-state index contributed by atoms with van der Waals surface area (Å²) in [5.74, 6) is -1.83. The van der Waals surface area contributed by atoms with Gasteiger partial charge in [0.25, 0.3) is 5.91 Å². The summed E-state index contributed by atoms with van der Waals surface area (Å²) in [6.45, 7) is 0. The van der Waals surface area contributed by atoms with E-state index >= 15 is 0 Å². The summed E-state index contributed by atoms with van der Waals surface area (Å²) >= 11 is 11.7. The van der Waals surface area contributed by atoms with Gasteiger partial charge < -0.3 is 5.32 Å². The summed E-state index contributed by atoms with van der Waals surface area (Å²) in [5.41, 5.74) is -0.849. The molecule has 0 aliphatic rings. The maximum absolute atomic E-state index is 14.4. The van der Waals surface area contributed by atoms with Gasteiger partial charge in [0.05, 0.1) is 21.3 Å². The Kier molecular flexibility index (Phi) is 5.53. The molecule has 3 rings (SSSR count). The van der Waals surface area contributed by atoms with E-state index in [4.69, 9.17) is 23.2 Å². The van der Waals surface area contributed by atoms with Gasteiger partial charge in [0.2, 0.25) is 0 Å². The maximum Gasteiger partial charge on any atom is 0.417 e. The number of anilines is 1. The van der Waals surface area contributed by atoms with Crippen molar-refractivity contribution in [3.05, 3.63) is 75.8 Å². The molecule has 28 heavy (non-hydrogen) atoms. The molecule has 2 heterocycles. The second-order valence-electron chi connectivity index (χ2n) is 5.53. The number of nitrogens with one attached hydrogen (secondary N) is 1. The molecule has 0 radical (unpaired) electrons. The number of hydrogen-bond donors (Lipinski definition) is 1. The van der Waals surface area contributed by atoms with Gasteiger partial charge in [-0.3, -0.25) is 9.78 Å². The van der Waals surface area contributed by atoms with E-state index in [0.717, 1.165) is 6.07 Å². The lowest BCUT2D eigenvalue weighted by molar-refractivity contribution is -0.137. The molecule has 0 spiro atoms. The number of aromatic nitrogens is 2. The predicted octanol–water partition coefficient (Wildman–Crippen LogP) is 5.86. The fraction of sp³-hybridized carbons (Fsp3) is 0.0556. The summed E-state index contributed by atoms with van der Waals surface area (Å²) in [7, 11) is 0. The Balaban J connectivity index is 1.84. The molecule has 4 nitrogen and oxygen atoms in total. The third kappa shape index (κ3) is 4.23. The molecule has 0 fully saturated rings. The molecular weight excluding hydrogens is 421 g/mol. The Labute approximate surface area is 166 Å². The van der Waals surface area contributed by atoms with E-state index < -0.39 is 28.5 Å². The Bertz CT molecular complexity index is 1060. The van der Waals surface area contributed by atoms with Gasteiger partial charge >= 0.3 is 6.18 Å². The number of benzene rings is 1. The predicted molar refractivity (Wildman–Crippen MR) is 96.8 cm³/mol. The van der Waals surface area contributed by atoms with E-state index in [0.29, 0.717) is 12.3 Å². The van der Waals surface area contributed by atoms with Crippen LogP contribution in [0.4, 0.5) is 23.4 Å². The fourth-order valence-corrected chi connectivity index (χ4v) is 2.73. The van der Waals surface area contributed by atoms with E-state index in [-0.39, 0.29) is 27.7 Å². The van der Waals surface area contributed by atoms with Crippen LogP contribution in [-0.2, 0) is 6.18 Å². The van der Waals surface area contributed by atoms with Gasteiger partial charge in [-0.1, -0.05) is 23.2 Å². The first-order chi connectivity index (χ1) is 13.2. The summed E-state index contributed by atoms with van der Waals surface area (Å²) in [6, 6.07) is 7.36. The molecule has 3 aromatic rings. The van der Waals surface area contributed by atoms with Crippen LogP contribution in [0.15, 0.2) is 48.8 Å². The minimum absolute atomic E-state index is 0.0906. The van der Waals surface area contributed by atoms with Crippen LogP contribution in [0.1, 0.15) is 15.9 Å². The average Bonchev–Trinajstić information content (AvgIpc) is 2.63. The van der Waals surface area contributed by atoms with Crippen LogP contribution >= 0.6 is 23.2 Å². The number of carbonyl (C=O) groups is 1. The van der Waals surface area contributed by atoms with Gasteiger partial charge in [0, 0.05) is 23.5 Å². The van der Waals surface area contributed by atoms with Crippen LogP contribution in [0, 0.1) is 5.82 Å². The van der Waals surface area contributed by atoms with Crippen molar-refractivity contribution < 1.29 is 22.4 Å². The molecule has 10 heteroatoms. The molecule has 144 valence electrons. The van der Waals surface area contributed by atoms with Crippen LogP contribution in [0.5, 0.6) is 0 Å². The lowest BCUT2D eigenvalue weighted by Crippen LogP contribution is -2.15. The largest absolute Gasteiger partial charge is 0.417 e. The third-order valence-corrected chi connectivity index (χ3v) is 4.24. The number of halogens is 6. The number of pyridine rings is 2.